The Morgan fingerprint density at radius 1 is 0.931 bits per heavy atom. The molecule has 29 heavy (non-hydrogen) atoms. The number of carbonyl (C=O) groups is 1. The minimum Gasteiger partial charge on any atom is -0.371 e. The highest BCUT2D eigenvalue weighted by Gasteiger charge is 2.32. The van der Waals surface area contributed by atoms with Crippen LogP contribution < -0.4 is 9.80 Å². The van der Waals surface area contributed by atoms with E-state index in [0.717, 1.165) is 31.7 Å². The molecule has 0 N–H and O–H groups in total. The lowest BCUT2D eigenvalue weighted by atomic mass is 10.0. The summed E-state index contributed by atoms with van der Waals surface area (Å²) in [6, 6.07) is 10.2. The molecule has 0 aliphatic carbocycles. The van der Waals surface area contributed by atoms with E-state index in [-0.39, 0.29) is 5.91 Å². The summed E-state index contributed by atoms with van der Waals surface area (Å²) in [5, 5.41) is 0. The maximum Gasteiger partial charge on any atom is 0.227 e. The summed E-state index contributed by atoms with van der Waals surface area (Å²) in [4.78, 5) is 23.5. The molecule has 1 aromatic carbocycles. The molecule has 2 atom stereocenters. The van der Waals surface area contributed by atoms with Gasteiger partial charge in [-0.15, -0.1) is 0 Å². The molecule has 3 aliphatic rings. The van der Waals surface area contributed by atoms with E-state index in [9.17, 15) is 4.79 Å². The summed E-state index contributed by atoms with van der Waals surface area (Å²) in [7, 11) is 0. The number of aromatic nitrogens is 2. The van der Waals surface area contributed by atoms with E-state index in [1.807, 2.05) is 17.4 Å². The molecule has 6 heteroatoms. The first-order chi connectivity index (χ1) is 14.2. The maximum absolute atomic E-state index is 12.1. The van der Waals surface area contributed by atoms with E-state index in [0.29, 0.717) is 24.5 Å². The first-order valence-corrected chi connectivity index (χ1v) is 11.1. The minimum absolute atomic E-state index is 0.255. The van der Waals surface area contributed by atoms with E-state index in [1.54, 1.807) is 0 Å². The normalized spacial score (nSPS) is 26.6. The number of rotatable bonds is 4. The Bertz CT molecular complexity index is 825. The second-order valence-electron chi connectivity index (χ2n) is 8.83. The van der Waals surface area contributed by atoms with Crippen molar-refractivity contribution in [3.8, 4) is 0 Å². The van der Waals surface area contributed by atoms with Crippen molar-refractivity contribution in [3.05, 3.63) is 43.0 Å². The second-order valence-corrected chi connectivity index (χ2v) is 8.83. The van der Waals surface area contributed by atoms with E-state index in [2.05, 4.69) is 56.7 Å². The van der Waals surface area contributed by atoms with Gasteiger partial charge in [0.25, 0.3) is 0 Å². The van der Waals surface area contributed by atoms with E-state index in [4.69, 9.17) is 0 Å². The highest BCUT2D eigenvalue weighted by atomic mass is 16.2. The lowest BCUT2D eigenvalue weighted by molar-refractivity contribution is -0.117. The summed E-state index contributed by atoms with van der Waals surface area (Å²) in [6.45, 7) is 6.70. The molecule has 0 unspecified atom stereocenters. The van der Waals surface area contributed by atoms with Crippen molar-refractivity contribution in [1.82, 2.24) is 14.5 Å². The lowest BCUT2D eigenvalue weighted by Gasteiger charge is -2.38. The number of likely N-dealkylation sites (tertiary alicyclic amines) is 1. The van der Waals surface area contributed by atoms with Crippen LogP contribution >= 0.6 is 0 Å². The van der Waals surface area contributed by atoms with Crippen LogP contribution in [0.3, 0.4) is 0 Å². The van der Waals surface area contributed by atoms with Crippen molar-refractivity contribution < 1.29 is 4.79 Å². The van der Waals surface area contributed by atoms with Crippen LogP contribution in [0.2, 0.25) is 0 Å². The van der Waals surface area contributed by atoms with Gasteiger partial charge in [0.2, 0.25) is 5.91 Å². The fraction of sp³-hybridized carbons (Fsp3) is 0.565. The molecule has 4 heterocycles. The number of imidazole rings is 1. The first kappa shape index (κ1) is 18.7. The van der Waals surface area contributed by atoms with Gasteiger partial charge >= 0.3 is 0 Å². The molecule has 0 spiro atoms. The third-order valence-electron chi connectivity index (χ3n) is 7.10. The lowest BCUT2D eigenvalue weighted by Crippen LogP contribution is -2.44. The third kappa shape index (κ3) is 3.66. The van der Waals surface area contributed by atoms with Crippen molar-refractivity contribution >= 4 is 17.3 Å². The number of hydrogen-bond acceptors (Lipinski definition) is 4. The Labute approximate surface area is 173 Å². The summed E-state index contributed by atoms with van der Waals surface area (Å²) < 4.78 is 2.27. The number of carbonyl (C=O) groups excluding carboxylic acids is 1. The fourth-order valence-corrected chi connectivity index (χ4v) is 5.37. The number of nitrogens with zero attached hydrogens (tertiary/aromatic N) is 5. The Morgan fingerprint density at radius 3 is 2.31 bits per heavy atom. The number of amides is 1. The van der Waals surface area contributed by atoms with E-state index in [1.165, 1.54) is 31.5 Å². The van der Waals surface area contributed by atoms with Gasteiger partial charge in [0, 0.05) is 74.5 Å². The molecular formula is C23H31N5O. The van der Waals surface area contributed by atoms with Gasteiger partial charge in [0.05, 0.1) is 6.33 Å². The quantitative estimate of drug-likeness (QED) is 0.799. The third-order valence-corrected chi connectivity index (χ3v) is 7.10. The largest absolute Gasteiger partial charge is 0.371 e. The predicted molar refractivity (Wildman–Crippen MR) is 115 cm³/mol. The van der Waals surface area contributed by atoms with Crippen LogP contribution in [-0.2, 0) is 4.79 Å². The van der Waals surface area contributed by atoms with Crippen molar-refractivity contribution in [2.45, 2.75) is 57.2 Å². The zero-order valence-electron chi connectivity index (χ0n) is 17.3. The van der Waals surface area contributed by atoms with Gasteiger partial charge in [0.15, 0.2) is 0 Å². The monoisotopic (exact) mass is 393 g/mol. The van der Waals surface area contributed by atoms with Crippen LogP contribution in [0.5, 0.6) is 0 Å². The smallest absolute Gasteiger partial charge is 0.227 e. The van der Waals surface area contributed by atoms with Crippen molar-refractivity contribution in [3.63, 3.8) is 0 Å². The summed E-state index contributed by atoms with van der Waals surface area (Å²) in [6.07, 6.45) is 11.2. The van der Waals surface area contributed by atoms with Crippen LogP contribution in [0.4, 0.5) is 11.4 Å². The molecule has 1 aromatic heterocycles. The molecule has 0 saturated carbocycles. The maximum atomic E-state index is 12.1. The van der Waals surface area contributed by atoms with Gasteiger partial charge in [0.1, 0.15) is 0 Å². The Kier molecular flexibility index (Phi) is 5.04. The van der Waals surface area contributed by atoms with Gasteiger partial charge < -0.3 is 14.4 Å². The molecule has 0 radical (unpaired) electrons. The van der Waals surface area contributed by atoms with Crippen LogP contribution in [0.1, 0.15) is 45.1 Å². The number of anilines is 2. The SMILES string of the molecule is C[C@H]1CCC(=O)N1c1ccc(N2CCC(N3CC[C@@H](n4ccnc4)C3)CC2)cc1. The average Bonchev–Trinajstić information content (AvgIpc) is 3.50. The highest BCUT2D eigenvalue weighted by molar-refractivity contribution is 5.96. The molecule has 1 amide bonds. The Morgan fingerprint density at radius 2 is 1.66 bits per heavy atom. The zero-order valence-corrected chi connectivity index (χ0v) is 17.3. The number of hydrogen-bond donors (Lipinski definition) is 0. The summed E-state index contributed by atoms with van der Waals surface area (Å²) in [5.74, 6) is 0.255. The minimum atomic E-state index is 0.255. The van der Waals surface area contributed by atoms with Gasteiger partial charge in [-0.2, -0.15) is 0 Å². The molecule has 154 valence electrons. The van der Waals surface area contributed by atoms with Crippen molar-refractivity contribution in [2.75, 3.05) is 36.0 Å². The first-order valence-electron chi connectivity index (χ1n) is 11.1. The van der Waals surface area contributed by atoms with Gasteiger partial charge in [-0.05, 0) is 56.9 Å². The topological polar surface area (TPSA) is 44.6 Å². The van der Waals surface area contributed by atoms with Crippen molar-refractivity contribution in [1.29, 1.82) is 0 Å². The molecule has 3 saturated heterocycles. The molecule has 0 bridgehead atoms. The molecule has 3 fully saturated rings. The highest BCUT2D eigenvalue weighted by Crippen LogP contribution is 2.31. The summed E-state index contributed by atoms with van der Waals surface area (Å²) in [5.41, 5.74) is 2.32. The van der Waals surface area contributed by atoms with Crippen LogP contribution in [0.15, 0.2) is 43.0 Å². The molecule has 2 aromatic rings. The average molecular weight is 394 g/mol. The fourth-order valence-electron chi connectivity index (χ4n) is 5.37. The Balaban J connectivity index is 1.16. The molecule has 5 rings (SSSR count). The molecular weight excluding hydrogens is 362 g/mol. The zero-order chi connectivity index (χ0) is 19.8. The Hall–Kier alpha value is -2.34. The number of benzene rings is 1. The van der Waals surface area contributed by atoms with Crippen LogP contribution in [0.25, 0.3) is 0 Å². The van der Waals surface area contributed by atoms with Crippen LogP contribution in [-0.4, -0.2) is 58.6 Å². The van der Waals surface area contributed by atoms with Crippen LogP contribution in [0, 0.1) is 0 Å². The second kappa shape index (κ2) is 7.82. The predicted octanol–water partition coefficient (Wildman–Crippen LogP) is 3.31. The van der Waals surface area contributed by atoms with Gasteiger partial charge in [-0.25, -0.2) is 4.98 Å². The van der Waals surface area contributed by atoms with Gasteiger partial charge in [-0.3, -0.25) is 9.69 Å². The van der Waals surface area contributed by atoms with E-state index >= 15 is 0 Å². The molecule has 6 nitrogen and oxygen atoms in total. The van der Waals surface area contributed by atoms with E-state index < -0.39 is 0 Å². The summed E-state index contributed by atoms with van der Waals surface area (Å²) >= 11 is 0. The van der Waals surface area contributed by atoms with Crippen molar-refractivity contribution in [2.24, 2.45) is 0 Å². The van der Waals surface area contributed by atoms with Gasteiger partial charge in [-0.1, -0.05) is 0 Å². The number of piperidine rings is 1. The standard InChI is InChI=1S/C23H31N5O/c1-18-2-7-23(29)28(18)21-5-3-19(4-6-21)25-12-8-20(9-13-25)26-14-10-22(16-26)27-15-11-24-17-27/h3-6,11,15,17-18,20,22H,2,7-10,12-14,16H2,1H3/t18-,22+/m0/s1. The molecule has 3 aliphatic heterocycles.